The molecule has 0 radical (unpaired) electrons. The fourth-order valence-electron chi connectivity index (χ4n) is 2.85. The smallest absolute Gasteiger partial charge is 0.404 e. The number of alkyl halides is 3. The highest BCUT2D eigenvalue weighted by Crippen LogP contribution is 2.30. The Kier molecular flexibility index (Phi) is 7.26. The van der Waals surface area contributed by atoms with E-state index in [1.54, 1.807) is 18.2 Å². The van der Waals surface area contributed by atoms with E-state index >= 15 is 0 Å². The Morgan fingerprint density at radius 3 is 2.21 bits per heavy atom. The number of rotatable bonds is 7. The maximum atomic E-state index is 13.0. The third-order valence-electron chi connectivity index (χ3n) is 4.32. The Hall–Kier alpha value is -4.67. The van der Waals surface area contributed by atoms with E-state index in [-0.39, 0.29) is 22.5 Å². The van der Waals surface area contributed by atoms with Crippen LogP contribution in [0.3, 0.4) is 0 Å². The largest absolute Gasteiger partial charge is 0.573 e. The van der Waals surface area contributed by atoms with E-state index in [0.717, 1.165) is 12.1 Å². The zero-order valence-corrected chi connectivity index (χ0v) is 17.2. The van der Waals surface area contributed by atoms with Gasteiger partial charge in [-0.1, -0.05) is 42.5 Å². The van der Waals surface area contributed by atoms with Crippen LogP contribution in [0.1, 0.15) is 15.9 Å². The Balaban J connectivity index is 1.98. The molecule has 8 nitrogen and oxygen atoms in total. The average Bonchev–Trinajstić information content (AvgIpc) is 2.79. The average molecular weight is 471 g/mol. The lowest BCUT2D eigenvalue weighted by atomic mass is 10.1. The molecule has 3 aromatic rings. The first-order chi connectivity index (χ1) is 16.1. The molecule has 0 fully saturated rings. The number of ether oxygens (including phenoxy) is 1. The minimum atomic E-state index is -5.01. The molecule has 2 N–H and O–H groups in total. The number of nitrogens with one attached hydrogen (secondary N) is 2. The minimum Gasteiger partial charge on any atom is -0.404 e. The summed E-state index contributed by atoms with van der Waals surface area (Å²) >= 11 is 0. The second-order valence-corrected chi connectivity index (χ2v) is 6.69. The predicted octanol–water partition coefficient (Wildman–Crippen LogP) is 4.90. The Bertz CT molecular complexity index is 1240. The lowest BCUT2D eigenvalue weighted by Crippen LogP contribution is -2.31. The molecule has 3 rings (SSSR count). The van der Waals surface area contributed by atoms with Crippen molar-refractivity contribution in [3.05, 3.63) is 106 Å². The van der Waals surface area contributed by atoms with Crippen LogP contribution in [0.2, 0.25) is 0 Å². The first kappa shape index (κ1) is 24.0. The van der Waals surface area contributed by atoms with Crippen LogP contribution in [0, 0.1) is 10.1 Å². The van der Waals surface area contributed by atoms with E-state index in [1.807, 2.05) is 0 Å². The van der Waals surface area contributed by atoms with Gasteiger partial charge in [-0.05, 0) is 36.4 Å². The fraction of sp³-hybridized carbons (Fsp3) is 0.0435. The number of carbonyl (C=O) groups is 2. The van der Waals surface area contributed by atoms with Gasteiger partial charge < -0.3 is 15.4 Å². The van der Waals surface area contributed by atoms with Gasteiger partial charge in [-0.25, -0.2) is 0 Å². The highest BCUT2D eigenvalue weighted by atomic mass is 19.4. The van der Waals surface area contributed by atoms with Gasteiger partial charge in [-0.15, -0.1) is 13.2 Å². The highest BCUT2D eigenvalue weighted by Gasteiger charge is 2.32. The van der Waals surface area contributed by atoms with E-state index in [0.29, 0.717) is 0 Å². The molecule has 11 heteroatoms. The van der Waals surface area contributed by atoms with Gasteiger partial charge in [0.05, 0.1) is 16.2 Å². The molecule has 0 bridgehead atoms. The van der Waals surface area contributed by atoms with Crippen molar-refractivity contribution in [2.45, 2.75) is 6.36 Å². The van der Waals surface area contributed by atoms with Crippen LogP contribution in [-0.4, -0.2) is 23.1 Å². The number of nitro benzene ring substituents is 1. The molecular formula is C23H16F3N3O5. The zero-order valence-electron chi connectivity index (χ0n) is 17.2. The summed E-state index contributed by atoms with van der Waals surface area (Å²) in [4.78, 5) is 36.3. The molecule has 0 aliphatic carbocycles. The van der Waals surface area contributed by atoms with Gasteiger partial charge in [-0.3, -0.25) is 19.7 Å². The SMILES string of the molecule is O=C(Nc1ccccc1OC(F)(F)F)/C(=C/c1ccccc1[N+](=O)[O-])NC(=O)c1ccccc1. The predicted molar refractivity (Wildman–Crippen MR) is 117 cm³/mol. The van der Waals surface area contributed by atoms with Crippen LogP contribution in [0.4, 0.5) is 24.5 Å². The van der Waals surface area contributed by atoms with Crippen molar-refractivity contribution in [2.75, 3.05) is 5.32 Å². The van der Waals surface area contributed by atoms with Crippen molar-refractivity contribution in [1.29, 1.82) is 0 Å². The van der Waals surface area contributed by atoms with Crippen molar-refractivity contribution in [2.24, 2.45) is 0 Å². The van der Waals surface area contributed by atoms with Gasteiger partial charge in [-0.2, -0.15) is 0 Å². The number of para-hydroxylation sites is 3. The molecule has 2 amide bonds. The maximum absolute atomic E-state index is 13.0. The van der Waals surface area contributed by atoms with E-state index < -0.39 is 34.5 Å². The van der Waals surface area contributed by atoms with E-state index in [1.165, 1.54) is 54.6 Å². The third kappa shape index (κ3) is 6.42. The standard InChI is InChI=1S/C23H16F3N3O5/c24-23(25,26)34-20-13-7-5-11-17(20)27-22(31)18(28-21(30)15-8-2-1-3-9-15)14-16-10-4-6-12-19(16)29(32)33/h1-14H,(H,27,31)(H,28,30)/b18-14-. The van der Waals surface area contributed by atoms with E-state index in [2.05, 4.69) is 15.4 Å². The number of benzene rings is 3. The molecule has 34 heavy (non-hydrogen) atoms. The Morgan fingerprint density at radius 1 is 0.912 bits per heavy atom. The molecule has 0 saturated heterocycles. The number of halogens is 3. The summed E-state index contributed by atoms with van der Waals surface area (Å²) in [5, 5.41) is 16.0. The topological polar surface area (TPSA) is 111 Å². The summed E-state index contributed by atoms with van der Waals surface area (Å²) in [5.74, 6) is -2.41. The summed E-state index contributed by atoms with van der Waals surface area (Å²) < 4.78 is 42.1. The molecule has 3 aromatic carbocycles. The molecule has 0 aliphatic rings. The van der Waals surface area contributed by atoms with Crippen LogP contribution in [0.15, 0.2) is 84.6 Å². The van der Waals surface area contributed by atoms with Gasteiger partial charge in [0, 0.05) is 11.6 Å². The van der Waals surface area contributed by atoms with Gasteiger partial charge in [0.1, 0.15) is 5.70 Å². The molecule has 174 valence electrons. The minimum absolute atomic E-state index is 0.00848. The summed E-state index contributed by atoms with van der Waals surface area (Å²) in [5.41, 5.74) is -0.935. The van der Waals surface area contributed by atoms with Gasteiger partial charge in [0.25, 0.3) is 17.5 Å². The van der Waals surface area contributed by atoms with Crippen LogP contribution < -0.4 is 15.4 Å². The first-order valence-electron chi connectivity index (χ1n) is 9.61. The normalized spacial score (nSPS) is 11.4. The molecule has 0 heterocycles. The molecule has 0 aromatic heterocycles. The first-order valence-corrected chi connectivity index (χ1v) is 9.61. The van der Waals surface area contributed by atoms with E-state index in [4.69, 9.17) is 0 Å². The van der Waals surface area contributed by atoms with E-state index in [9.17, 15) is 32.9 Å². The highest BCUT2D eigenvalue weighted by molar-refractivity contribution is 6.11. The van der Waals surface area contributed by atoms with Gasteiger partial charge >= 0.3 is 6.36 Å². The van der Waals surface area contributed by atoms with Crippen molar-refractivity contribution in [1.82, 2.24) is 5.32 Å². The summed E-state index contributed by atoms with van der Waals surface area (Å²) in [6.07, 6.45) is -3.95. The number of hydrogen-bond donors (Lipinski definition) is 2. The Morgan fingerprint density at radius 2 is 1.53 bits per heavy atom. The molecule has 0 unspecified atom stereocenters. The maximum Gasteiger partial charge on any atom is 0.573 e. The fourth-order valence-corrected chi connectivity index (χ4v) is 2.85. The number of carbonyl (C=O) groups excluding carboxylic acids is 2. The second kappa shape index (κ2) is 10.3. The molecule has 0 atom stereocenters. The van der Waals surface area contributed by atoms with Crippen molar-refractivity contribution in [3.8, 4) is 5.75 Å². The third-order valence-corrected chi connectivity index (χ3v) is 4.32. The number of anilines is 1. The number of hydrogen-bond acceptors (Lipinski definition) is 5. The van der Waals surface area contributed by atoms with Crippen molar-refractivity contribution < 1.29 is 32.4 Å². The monoisotopic (exact) mass is 471 g/mol. The lowest BCUT2D eigenvalue weighted by molar-refractivity contribution is -0.385. The summed E-state index contributed by atoms with van der Waals surface area (Å²) in [7, 11) is 0. The van der Waals surface area contributed by atoms with Crippen LogP contribution in [-0.2, 0) is 4.79 Å². The van der Waals surface area contributed by atoms with Gasteiger partial charge in [0.2, 0.25) is 0 Å². The lowest BCUT2D eigenvalue weighted by Gasteiger charge is -2.15. The van der Waals surface area contributed by atoms with Crippen LogP contribution in [0.5, 0.6) is 5.75 Å². The van der Waals surface area contributed by atoms with Crippen molar-refractivity contribution >= 4 is 29.3 Å². The molecule has 0 saturated carbocycles. The van der Waals surface area contributed by atoms with Gasteiger partial charge in [0.15, 0.2) is 5.75 Å². The summed E-state index contributed by atoms with van der Waals surface area (Å²) in [6.45, 7) is 0. The zero-order chi connectivity index (χ0) is 24.7. The number of nitrogens with zero attached hydrogens (tertiary/aromatic N) is 1. The van der Waals surface area contributed by atoms with Crippen LogP contribution >= 0.6 is 0 Å². The molecular weight excluding hydrogens is 455 g/mol. The molecule has 0 aliphatic heterocycles. The number of amides is 2. The number of nitro groups is 1. The quantitative estimate of drug-likeness (QED) is 0.289. The summed E-state index contributed by atoms with van der Waals surface area (Å²) in [6, 6.07) is 18.1. The van der Waals surface area contributed by atoms with Crippen LogP contribution in [0.25, 0.3) is 6.08 Å². The molecule has 0 spiro atoms. The van der Waals surface area contributed by atoms with Crippen molar-refractivity contribution in [3.63, 3.8) is 0 Å². The second-order valence-electron chi connectivity index (χ2n) is 6.69. The Labute approximate surface area is 190 Å².